The van der Waals surface area contributed by atoms with Crippen LogP contribution in [0.15, 0.2) is 39.4 Å². The van der Waals surface area contributed by atoms with Crippen molar-refractivity contribution >= 4 is 37.5 Å². The van der Waals surface area contributed by atoms with Gasteiger partial charge in [0.05, 0.1) is 5.69 Å². The van der Waals surface area contributed by atoms with E-state index in [4.69, 9.17) is 10.5 Å². The molecule has 17 heavy (non-hydrogen) atoms. The predicted octanol–water partition coefficient (Wildman–Crippen LogP) is 4.29. The summed E-state index contributed by atoms with van der Waals surface area (Å²) >= 11 is 6.70. The van der Waals surface area contributed by atoms with Crippen LogP contribution in [0.4, 0.5) is 5.69 Å². The fourth-order valence-corrected chi connectivity index (χ4v) is 2.00. The molecule has 2 aromatic rings. The normalized spacial score (nSPS) is 10.3. The topological polar surface area (TPSA) is 48.1 Å². The molecule has 0 saturated heterocycles. The third-order valence-corrected chi connectivity index (χ3v) is 3.13. The van der Waals surface area contributed by atoms with Gasteiger partial charge in [-0.05, 0) is 46.6 Å². The lowest BCUT2D eigenvalue weighted by atomic mass is 10.2. The van der Waals surface area contributed by atoms with Crippen LogP contribution >= 0.6 is 31.9 Å². The van der Waals surface area contributed by atoms with Gasteiger partial charge in [-0.2, -0.15) is 0 Å². The van der Waals surface area contributed by atoms with Gasteiger partial charge < -0.3 is 10.5 Å². The molecule has 2 rings (SSSR count). The van der Waals surface area contributed by atoms with Crippen molar-refractivity contribution in [2.24, 2.45) is 0 Å². The van der Waals surface area contributed by atoms with Gasteiger partial charge in [-0.3, -0.25) is 0 Å². The molecule has 0 fully saturated rings. The summed E-state index contributed by atoms with van der Waals surface area (Å²) in [5.74, 6) is 1.15. The Labute approximate surface area is 116 Å². The number of pyridine rings is 1. The van der Waals surface area contributed by atoms with E-state index in [0.717, 1.165) is 20.3 Å². The number of nitrogens with two attached hydrogens (primary N) is 1. The van der Waals surface area contributed by atoms with Gasteiger partial charge in [0.25, 0.3) is 0 Å². The summed E-state index contributed by atoms with van der Waals surface area (Å²) in [6.07, 6.45) is 1.65. The number of ether oxygens (including phenoxy) is 1. The summed E-state index contributed by atoms with van der Waals surface area (Å²) in [5, 5.41) is 0. The molecule has 5 heteroatoms. The number of hydrogen-bond donors (Lipinski definition) is 1. The molecule has 1 aromatic carbocycles. The summed E-state index contributed by atoms with van der Waals surface area (Å²) in [4.78, 5) is 4.13. The monoisotopic (exact) mass is 356 g/mol. The van der Waals surface area contributed by atoms with Gasteiger partial charge in [-0.15, -0.1) is 0 Å². The Hall–Kier alpha value is -1.07. The minimum atomic E-state index is 0.411. The van der Waals surface area contributed by atoms with E-state index in [1.165, 1.54) is 0 Å². The van der Waals surface area contributed by atoms with Crippen molar-refractivity contribution in [1.29, 1.82) is 0 Å². The number of aryl methyl sites for hydroxylation is 1. The average Bonchev–Trinajstić information content (AvgIpc) is 2.27. The van der Waals surface area contributed by atoms with Crippen molar-refractivity contribution in [3.8, 4) is 11.6 Å². The smallest absolute Gasteiger partial charge is 0.242 e. The molecule has 0 atom stereocenters. The van der Waals surface area contributed by atoms with Crippen LogP contribution in [0, 0.1) is 6.92 Å². The molecule has 3 nitrogen and oxygen atoms in total. The van der Waals surface area contributed by atoms with Crippen LogP contribution in [0.3, 0.4) is 0 Å². The minimum Gasteiger partial charge on any atom is -0.437 e. The molecule has 2 N–H and O–H groups in total. The summed E-state index contributed by atoms with van der Waals surface area (Å²) in [7, 11) is 0. The number of rotatable bonds is 2. The first kappa shape index (κ1) is 12.4. The molecular formula is C12H10Br2N2O. The standard InChI is InChI=1S/C12H10Br2N2O/c1-7-2-3-8(13)5-11(7)17-12-10(15)4-9(14)6-16-12/h2-6H,15H2,1H3. The molecule has 0 spiro atoms. The van der Waals surface area contributed by atoms with Gasteiger partial charge in [0.1, 0.15) is 5.75 Å². The van der Waals surface area contributed by atoms with Gasteiger partial charge in [0, 0.05) is 15.1 Å². The van der Waals surface area contributed by atoms with Crippen molar-refractivity contribution in [3.63, 3.8) is 0 Å². The Morgan fingerprint density at radius 2 is 1.94 bits per heavy atom. The Morgan fingerprint density at radius 3 is 2.65 bits per heavy atom. The van der Waals surface area contributed by atoms with Crippen molar-refractivity contribution in [3.05, 3.63) is 45.0 Å². The Balaban J connectivity index is 2.34. The summed E-state index contributed by atoms with van der Waals surface area (Å²) in [6.45, 7) is 1.97. The summed E-state index contributed by atoms with van der Waals surface area (Å²) in [6, 6.07) is 7.57. The number of benzene rings is 1. The number of halogens is 2. The first-order valence-corrected chi connectivity index (χ1v) is 6.50. The third-order valence-electron chi connectivity index (χ3n) is 2.20. The number of aromatic nitrogens is 1. The molecule has 88 valence electrons. The molecule has 0 aliphatic heterocycles. The van der Waals surface area contributed by atoms with Crippen molar-refractivity contribution < 1.29 is 4.74 Å². The molecule has 0 aliphatic carbocycles. The van der Waals surface area contributed by atoms with Crippen LogP contribution in [-0.4, -0.2) is 4.98 Å². The van der Waals surface area contributed by atoms with Gasteiger partial charge >= 0.3 is 0 Å². The molecular weight excluding hydrogens is 348 g/mol. The van der Waals surface area contributed by atoms with E-state index in [1.807, 2.05) is 25.1 Å². The molecule has 0 amide bonds. The molecule has 0 aliphatic rings. The lowest BCUT2D eigenvalue weighted by Crippen LogP contribution is -1.96. The van der Waals surface area contributed by atoms with E-state index in [1.54, 1.807) is 12.3 Å². The maximum atomic E-state index is 5.83. The zero-order chi connectivity index (χ0) is 12.4. The summed E-state index contributed by atoms with van der Waals surface area (Å²) < 4.78 is 7.47. The molecule has 1 aromatic heterocycles. The second-order valence-electron chi connectivity index (χ2n) is 3.56. The van der Waals surface area contributed by atoms with Gasteiger partial charge in [0.15, 0.2) is 0 Å². The zero-order valence-corrected chi connectivity index (χ0v) is 12.2. The van der Waals surface area contributed by atoms with E-state index < -0.39 is 0 Å². The maximum absolute atomic E-state index is 5.83. The zero-order valence-electron chi connectivity index (χ0n) is 9.08. The highest BCUT2D eigenvalue weighted by atomic mass is 79.9. The van der Waals surface area contributed by atoms with Crippen LogP contribution in [0.25, 0.3) is 0 Å². The van der Waals surface area contributed by atoms with E-state index in [2.05, 4.69) is 36.8 Å². The second-order valence-corrected chi connectivity index (χ2v) is 5.39. The van der Waals surface area contributed by atoms with E-state index in [9.17, 15) is 0 Å². The first-order chi connectivity index (χ1) is 8.06. The van der Waals surface area contributed by atoms with Crippen LogP contribution in [0.2, 0.25) is 0 Å². The average molecular weight is 358 g/mol. The van der Waals surface area contributed by atoms with Crippen molar-refractivity contribution in [2.75, 3.05) is 5.73 Å². The largest absolute Gasteiger partial charge is 0.437 e. The SMILES string of the molecule is Cc1ccc(Br)cc1Oc1ncc(Br)cc1N. The first-order valence-electron chi connectivity index (χ1n) is 4.91. The van der Waals surface area contributed by atoms with Gasteiger partial charge in [0.2, 0.25) is 5.88 Å². The maximum Gasteiger partial charge on any atom is 0.242 e. The molecule has 0 radical (unpaired) electrons. The lowest BCUT2D eigenvalue weighted by molar-refractivity contribution is 0.461. The lowest BCUT2D eigenvalue weighted by Gasteiger charge is -2.10. The number of hydrogen-bond acceptors (Lipinski definition) is 3. The molecule has 0 unspecified atom stereocenters. The van der Waals surface area contributed by atoms with E-state index in [-0.39, 0.29) is 0 Å². The number of nitrogen functional groups attached to an aromatic ring is 1. The van der Waals surface area contributed by atoms with Crippen molar-refractivity contribution in [2.45, 2.75) is 6.92 Å². The summed E-state index contributed by atoms with van der Waals surface area (Å²) in [5.41, 5.74) is 7.35. The third kappa shape index (κ3) is 2.98. The fraction of sp³-hybridized carbons (Fsp3) is 0.0833. The minimum absolute atomic E-state index is 0.411. The molecule has 0 bridgehead atoms. The highest BCUT2D eigenvalue weighted by Gasteiger charge is 2.07. The van der Waals surface area contributed by atoms with Crippen LogP contribution in [-0.2, 0) is 0 Å². The van der Waals surface area contributed by atoms with Crippen LogP contribution < -0.4 is 10.5 Å². The highest BCUT2D eigenvalue weighted by Crippen LogP contribution is 2.30. The predicted molar refractivity (Wildman–Crippen MR) is 75.3 cm³/mol. The Bertz CT molecular complexity index is 558. The fourth-order valence-electron chi connectivity index (χ4n) is 1.32. The van der Waals surface area contributed by atoms with E-state index >= 15 is 0 Å². The van der Waals surface area contributed by atoms with E-state index in [0.29, 0.717) is 11.6 Å². The molecule has 0 saturated carbocycles. The van der Waals surface area contributed by atoms with Gasteiger partial charge in [-0.1, -0.05) is 22.0 Å². The number of nitrogens with zero attached hydrogens (tertiary/aromatic N) is 1. The molecule has 1 heterocycles. The van der Waals surface area contributed by atoms with Crippen LogP contribution in [0.5, 0.6) is 11.6 Å². The Morgan fingerprint density at radius 1 is 1.18 bits per heavy atom. The Kier molecular flexibility index (Phi) is 3.69. The quantitative estimate of drug-likeness (QED) is 0.872. The highest BCUT2D eigenvalue weighted by molar-refractivity contribution is 9.10. The second kappa shape index (κ2) is 5.06. The number of anilines is 1. The van der Waals surface area contributed by atoms with Gasteiger partial charge in [-0.25, -0.2) is 4.98 Å². The van der Waals surface area contributed by atoms with Crippen LogP contribution in [0.1, 0.15) is 5.56 Å². The van der Waals surface area contributed by atoms with Crippen molar-refractivity contribution in [1.82, 2.24) is 4.98 Å².